The van der Waals surface area contributed by atoms with E-state index >= 15 is 0 Å². The zero-order valence-electron chi connectivity index (χ0n) is 14.8. The van der Waals surface area contributed by atoms with Crippen LogP contribution in [0, 0.1) is 6.92 Å². The van der Waals surface area contributed by atoms with E-state index in [1.807, 2.05) is 31.2 Å². The van der Waals surface area contributed by atoms with E-state index in [2.05, 4.69) is 31.8 Å². The van der Waals surface area contributed by atoms with Gasteiger partial charge in [0.25, 0.3) is 5.91 Å². The smallest absolute Gasteiger partial charge is 0.332 e. The van der Waals surface area contributed by atoms with Gasteiger partial charge in [-0.25, -0.2) is 10.2 Å². The first-order chi connectivity index (χ1) is 12.9. The predicted octanol–water partition coefficient (Wildman–Crippen LogP) is 2.79. The van der Waals surface area contributed by atoms with Crippen molar-refractivity contribution >= 4 is 39.8 Å². The fourth-order valence-corrected chi connectivity index (χ4v) is 2.56. The number of carbonyl (C=O) groups is 2. The molecule has 2 rings (SSSR count). The van der Waals surface area contributed by atoms with Gasteiger partial charge in [-0.1, -0.05) is 18.2 Å². The molecule has 0 aliphatic rings. The summed E-state index contributed by atoms with van der Waals surface area (Å²) in [6, 6.07) is 9.98. The lowest BCUT2D eigenvalue weighted by Gasteiger charge is -2.13. The van der Waals surface area contributed by atoms with Crippen molar-refractivity contribution in [2.75, 3.05) is 19.0 Å². The molecule has 0 heterocycles. The number of urea groups is 1. The van der Waals surface area contributed by atoms with Crippen molar-refractivity contribution in [1.82, 2.24) is 5.43 Å². The molecule has 0 aliphatic heterocycles. The number of anilines is 1. The van der Waals surface area contributed by atoms with Crippen LogP contribution in [0.3, 0.4) is 0 Å². The van der Waals surface area contributed by atoms with Gasteiger partial charge in [0.2, 0.25) is 0 Å². The summed E-state index contributed by atoms with van der Waals surface area (Å²) in [5.41, 5.74) is 9.36. The molecule has 8 nitrogen and oxygen atoms in total. The number of nitrogens with two attached hydrogens (primary N) is 1. The van der Waals surface area contributed by atoms with E-state index in [0.29, 0.717) is 21.5 Å². The van der Waals surface area contributed by atoms with E-state index in [-0.39, 0.29) is 12.5 Å². The van der Waals surface area contributed by atoms with E-state index in [4.69, 9.17) is 15.2 Å². The summed E-state index contributed by atoms with van der Waals surface area (Å²) >= 11 is 3.38. The third-order valence-corrected chi connectivity index (χ3v) is 4.13. The van der Waals surface area contributed by atoms with Crippen LogP contribution in [0.15, 0.2) is 46.0 Å². The predicted molar refractivity (Wildman–Crippen MR) is 106 cm³/mol. The van der Waals surface area contributed by atoms with Crippen LogP contribution >= 0.6 is 15.9 Å². The van der Waals surface area contributed by atoms with Crippen molar-refractivity contribution in [3.8, 4) is 11.5 Å². The SMILES string of the molecule is COc1cc(C=NNC(N)=O)c(Br)cc1OCC(=O)Nc1ccccc1C. The van der Waals surface area contributed by atoms with Crippen LogP contribution in [0.1, 0.15) is 11.1 Å². The summed E-state index contributed by atoms with van der Waals surface area (Å²) in [7, 11) is 1.48. The number of hydrazone groups is 1. The van der Waals surface area contributed by atoms with Gasteiger partial charge in [-0.15, -0.1) is 0 Å². The largest absolute Gasteiger partial charge is 0.493 e. The molecular weight excluding hydrogens is 416 g/mol. The molecule has 0 aliphatic carbocycles. The topological polar surface area (TPSA) is 115 Å². The zero-order valence-corrected chi connectivity index (χ0v) is 16.4. The zero-order chi connectivity index (χ0) is 19.8. The van der Waals surface area contributed by atoms with Crippen LogP contribution in [0.2, 0.25) is 0 Å². The van der Waals surface area contributed by atoms with E-state index in [1.165, 1.54) is 13.3 Å². The highest BCUT2D eigenvalue weighted by molar-refractivity contribution is 9.10. The van der Waals surface area contributed by atoms with Crippen molar-refractivity contribution in [2.24, 2.45) is 10.8 Å². The van der Waals surface area contributed by atoms with Crippen molar-refractivity contribution < 1.29 is 19.1 Å². The molecule has 0 spiro atoms. The number of primary amides is 1. The normalized spacial score (nSPS) is 10.5. The van der Waals surface area contributed by atoms with Gasteiger partial charge in [-0.05, 0) is 46.6 Å². The number of rotatable bonds is 7. The number of carbonyl (C=O) groups excluding carboxylic acids is 2. The minimum atomic E-state index is -0.769. The average molecular weight is 435 g/mol. The molecule has 142 valence electrons. The maximum Gasteiger partial charge on any atom is 0.332 e. The summed E-state index contributed by atoms with van der Waals surface area (Å²) in [6.07, 6.45) is 1.39. The molecule has 4 N–H and O–H groups in total. The number of methoxy groups -OCH3 is 1. The van der Waals surface area contributed by atoms with E-state index in [1.54, 1.807) is 12.1 Å². The summed E-state index contributed by atoms with van der Waals surface area (Å²) in [6.45, 7) is 1.72. The number of ether oxygens (including phenoxy) is 2. The summed E-state index contributed by atoms with van der Waals surface area (Å²) in [5.74, 6) is 0.491. The van der Waals surface area contributed by atoms with Crippen molar-refractivity contribution in [3.05, 3.63) is 52.0 Å². The Morgan fingerprint density at radius 1 is 1.26 bits per heavy atom. The number of halogens is 1. The monoisotopic (exact) mass is 434 g/mol. The van der Waals surface area contributed by atoms with Crippen molar-refractivity contribution in [3.63, 3.8) is 0 Å². The first-order valence-electron chi connectivity index (χ1n) is 7.85. The van der Waals surface area contributed by atoms with Crippen LogP contribution in [0.25, 0.3) is 0 Å². The Bertz CT molecular complexity index is 870. The van der Waals surface area contributed by atoms with Gasteiger partial charge >= 0.3 is 6.03 Å². The first-order valence-corrected chi connectivity index (χ1v) is 8.64. The Balaban J connectivity index is 2.06. The summed E-state index contributed by atoms with van der Waals surface area (Å²) in [5, 5.41) is 6.49. The highest BCUT2D eigenvalue weighted by Gasteiger charge is 2.12. The number of nitrogens with one attached hydrogen (secondary N) is 2. The number of hydrogen-bond donors (Lipinski definition) is 3. The number of amides is 3. The second-order valence-electron chi connectivity index (χ2n) is 5.41. The van der Waals surface area contributed by atoms with Gasteiger partial charge in [-0.3, -0.25) is 4.79 Å². The van der Waals surface area contributed by atoms with Crippen LogP contribution in [0.5, 0.6) is 11.5 Å². The van der Waals surface area contributed by atoms with Gasteiger partial charge in [-0.2, -0.15) is 5.10 Å². The Labute approximate surface area is 164 Å². The number of benzene rings is 2. The van der Waals surface area contributed by atoms with Crippen LogP contribution in [-0.2, 0) is 4.79 Å². The lowest BCUT2D eigenvalue weighted by atomic mass is 10.2. The number of para-hydroxylation sites is 1. The molecule has 0 radical (unpaired) electrons. The molecule has 0 unspecified atom stereocenters. The van der Waals surface area contributed by atoms with Gasteiger partial charge in [0, 0.05) is 15.7 Å². The van der Waals surface area contributed by atoms with E-state index in [9.17, 15) is 9.59 Å². The molecule has 3 amide bonds. The van der Waals surface area contributed by atoms with E-state index in [0.717, 1.165) is 11.3 Å². The molecule has 0 atom stereocenters. The van der Waals surface area contributed by atoms with Gasteiger partial charge < -0.3 is 20.5 Å². The third-order valence-electron chi connectivity index (χ3n) is 3.44. The molecule has 0 fully saturated rings. The quantitative estimate of drug-likeness (QED) is 0.458. The fourth-order valence-electron chi connectivity index (χ4n) is 2.13. The number of hydrogen-bond acceptors (Lipinski definition) is 5. The van der Waals surface area contributed by atoms with Crippen LogP contribution in [-0.4, -0.2) is 31.9 Å². The van der Waals surface area contributed by atoms with Gasteiger partial charge in [0.1, 0.15) is 0 Å². The molecule has 0 saturated heterocycles. The highest BCUT2D eigenvalue weighted by Crippen LogP contribution is 2.33. The minimum Gasteiger partial charge on any atom is -0.493 e. The molecule has 0 bridgehead atoms. The first kappa shape index (κ1) is 20.2. The fraction of sp³-hybridized carbons (Fsp3) is 0.167. The molecule has 9 heteroatoms. The Morgan fingerprint density at radius 2 is 2.00 bits per heavy atom. The Morgan fingerprint density at radius 3 is 2.67 bits per heavy atom. The summed E-state index contributed by atoms with van der Waals surface area (Å²) in [4.78, 5) is 22.8. The maximum atomic E-state index is 12.1. The second-order valence-corrected chi connectivity index (χ2v) is 6.26. The highest BCUT2D eigenvalue weighted by atomic mass is 79.9. The van der Waals surface area contributed by atoms with Crippen molar-refractivity contribution in [1.29, 1.82) is 0 Å². The number of aryl methyl sites for hydroxylation is 1. The molecule has 2 aromatic rings. The van der Waals surface area contributed by atoms with Crippen LogP contribution in [0.4, 0.5) is 10.5 Å². The van der Waals surface area contributed by atoms with Crippen LogP contribution < -0.4 is 25.9 Å². The lowest BCUT2D eigenvalue weighted by molar-refractivity contribution is -0.118. The molecule has 0 saturated carbocycles. The maximum absolute atomic E-state index is 12.1. The molecule has 0 aromatic heterocycles. The molecule has 2 aromatic carbocycles. The molecule has 27 heavy (non-hydrogen) atoms. The van der Waals surface area contributed by atoms with Gasteiger partial charge in [0.05, 0.1) is 13.3 Å². The average Bonchev–Trinajstić information content (AvgIpc) is 2.63. The third kappa shape index (κ3) is 6.00. The van der Waals surface area contributed by atoms with Gasteiger partial charge in [0.15, 0.2) is 18.1 Å². The Kier molecular flexibility index (Phi) is 7.18. The van der Waals surface area contributed by atoms with Crippen molar-refractivity contribution in [2.45, 2.75) is 6.92 Å². The standard InChI is InChI=1S/C18H19BrN4O4/c1-11-5-3-4-6-14(11)22-17(24)10-27-16-8-13(19)12(7-15(16)26-2)9-21-23-18(20)25/h3-9H,10H2,1-2H3,(H,22,24)(H3,20,23,25). The summed E-state index contributed by atoms with van der Waals surface area (Å²) < 4.78 is 11.5. The second kappa shape index (κ2) is 9.58. The lowest BCUT2D eigenvalue weighted by Crippen LogP contribution is -2.24. The molecular formula is C18H19BrN4O4. The Hall–Kier alpha value is -3.07. The number of nitrogens with zero attached hydrogens (tertiary/aromatic N) is 1. The van der Waals surface area contributed by atoms with E-state index < -0.39 is 6.03 Å². The minimum absolute atomic E-state index is 0.187.